The Balaban J connectivity index is 2.06. The lowest BCUT2D eigenvalue weighted by molar-refractivity contribution is 0.0932. The van der Waals surface area contributed by atoms with Crippen molar-refractivity contribution in [2.75, 3.05) is 20.3 Å². The van der Waals surface area contributed by atoms with E-state index in [1.165, 1.54) is 4.68 Å². The predicted molar refractivity (Wildman–Crippen MR) is 70.6 cm³/mol. The van der Waals surface area contributed by atoms with Crippen LogP contribution < -0.4 is 5.32 Å². The van der Waals surface area contributed by atoms with Crippen molar-refractivity contribution >= 4 is 17.5 Å². The summed E-state index contributed by atoms with van der Waals surface area (Å²) >= 11 is 5.80. The molecule has 0 aliphatic heterocycles. The molecular formula is C12H13ClN4O2. The minimum Gasteiger partial charge on any atom is -0.383 e. The molecule has 0 fully saturated rings. The lowest BCUT2D eigenvalue weighted by Crippen LogP contribution is -2.27. The van der Waals surface area contributed by atoms with E-state index >= 15 is 0 Å². The monoisotopic (exact) mass is 280 g/mol. The summed E-state index contributed by atoms with van der Waals surface area (Å²) in [5.74, 6) is -0.280. The zero-order chi connectivity index (χ0) is 13.7. The average Bonchev–Trinajstić information content (AvgIpc) is 2.89. The van der Waals surface area contributed by atoms with Crippen molar-refractivity contribution < 1.29 is 9.53 Å². The number of methoxy groups -OCH3 is 1. The van der Waals surface area contributed by atoms with Crippen LogP contribution in [0.25, 0.3) is 5.69 Å². The van der Waals surface area contributed by atoms with Crippen LogP contribution in [0.3, 0.4) is 0 Å². The molecule has 1 heterocycles. The average molecular weight is 281 g/mol. The number of rotatable bonds is 5. The summed E-state index contributed by atoms with van der Waals surface area (Å²) in [7, 11) is 1.57. The molecule has 0 unspecified atom stereocenters. The molecule has 1 aromatic heterocycles. The van der Waals surface area contributed by atoms with Gasteiger partial charge in [0.05, 0.1) is 18.5 Å². The molecule has 0 bridgehead atoms. The molecule has 1 amide bonds. The Hall–Kier alpha value is -1.92. The lowest BCUT2D eigenvalue weighted by Gasteiger charge is -2.01. The summed E-state index contributed by atoms with van der Waals surface area (Å²) in [6.07, 6.45) is 1.56. The Kier molecular flexibility index (Phi) is 4.48. The van der Waals surface area contributed by atoms with E-state index in [0.717, 1.165) is 5.69 Å². The van der Waals surface area contributed by atoms with E-state index in [2.05, 4.69) is 15.6 Å². The minimum atomic E-state index is -0.280. The van der Waals surface area contributed by atoms with Gasteiger partial charge < -0.3 is 10.1 Å². The molecule has 2 rings (SSSR count). The van der Waals surface area contributed by atoms with Gasteiger partial charge in [0.15, 0.2) is 5.69 Å². The Bertz CT molecular complexity index is 553. The first-order chi connectivity index (χ1) is 9.20. The second-order valence-electron chi connectivity index (χ2n) is 3.77. The summed E-state index contributed by atoms with van der Waals surface area (Å²) in [6.45, 7) is 0.889. The summed E-state index contributed by atoms with van der Waals surface area (Å²) in [5.41, 5.74) is 1.04. The van der Waals surface area contributed by atoms with E-state index < -0.39 is 0 Å². The summed E-state index contributed by atoms with van der Waals surface area (Å²) < 4.78 is 6.36. The molecule has 0 atom stereocenters. The van der Waals surface area contributed by atoms with Gasteiger partial charge in [-0.2, -0.15) is 0 Å². The van der Waals surface area contributed by atoms with Gasteiger partial charge in [-0.25, -0.2) is 4.68 Å². The van der Waals surface area contributed by atoms with Crippen molar-refractivity contribution in [3.05, 3.63) is 41.2 Å². The third kappa shape index (κ3) is 3.52. The van der Waals surface area contributed by atoms with E-state index in [-0.39, 0.29) is 11.6 Å². The van der Waals surface area contributed by atoms with Crippen LogP contribution in [0.2, 0.25) is 5.02 Å². The van der Waals surface area contributed by atoms with Gasteiger partial charge in [0, 0.05) is 18.7 Å². The summed E-state index contributed by atoms with van der Waals surface area (Å²) in [5, 5.41) is 11.0. The highest BCUT2D eigenvalue weighted by molar-refractivity contribution is 6.30. The van der Waals surface area contributed by atoms with Crippen molar-refractivity contribution in [1.82, 2.24) is 20.3 Å². The lowest BCUT2D eigenvalue weighted by atomic mass is 10.3. The third-order valence-electron chi connectivity index (χ3n) is 2.41. The number of amides is 1. The molecule has 19 heavy (non-hydrogen) atoms. The molecule has 6 nitrogen and oxygen atoms in total. The maximum Gasteiger partial charge on any atom is 0.273 e. The van der Waals surface area contributed by atoms with E-state index in [0.29, 0.717) is 18.2 Å². The fraction of sp³-hybridized carbons (Fsp3) is 0.250. The quantitative estimate of drug-likeness (QED) is 0.838. The number of benzene rings is 1. The molecule has 1 aromatic carbocycles. The summed E-state index contributed by atoms with van der Waals surface area (Å²) in [4.78, 5) is 11.7. The Morgan fingerprint density at radius 2 is 2.16 bits per heavy atom. The van der Waals surface area contributed by atoms with Crippen LogP contribution in [0.4, 0.5) is 0 Å². The van der Waals surface area contributed by atoms with Gasteiger partial charge in [-0.15, -0.1) is 5.10 Å². The van der Waals surface area contributed by atoms with Gasteiger partial charge in [-0.1, -0.05) is 16.8 Å². The molecule has 0 spiro atoms. The van der Waals surface area contributed by atoms with Crippen molar-refractivity contribution in [3.63, 3.8) is 0 Å². The molecule has 0 aliphatic carbocycles. The predicted octanol–water partition coefficient (Wildman–Crippen LogP) is 1.30. The van der Waals surface area contributed by atoms with Gasteiger partial charge >= 0.3 is 0 Å². The maximum absolute atomic E-state index is 11.7. The number of carbonyl (C=O) groups excluding carboxylic acids is 1. The van der Waals surface area contributed by atoms with Crippen molar-refractivity contribution in [2.45, 2.75) is 0 Å². The molecular weight excluding hydrogens is 268 g/mol. The van der Waals surface area contributed by atoms with Gasteiger partial charge in [-0.3, -0.25) is 4.79 Å². The summed E-state index contributed by atoms with van der Waals surface area (Å²) in [6, 6.07) is 7.08. The normalized spacial score (nSPS) is 10.4. The maximum atomic E-state index is 11.7. The largest absolute Gasteiger partial charge is 0.383 e. The first-order valence-electron chi connectivity index (χ1n) is 5.66. The number of halogens is 1. The molecule has 1 N–H and O–H groups in total. The van der Waals surface area contributed by atoms with Gasteiger partial charge in [0.25, 0.3) is 5.91 Å². The van der Waals surface area contributed by atoms with E-state index in [1.54, 1.807) is 37.6 Å². The zero-order valence-electron chi connectivity index (χ0n) is 10.3. The number of nitrogens with one attached hydrogen (secondary N) is 1. The molecule has 0 radical (unpaired) electrons. The number of carbonyl (C=O) groups is 1. The van der Waals surface area contributed by atoms with Crippen molar-refractivity contribution in [2.24, 2.45) is 0 Å². The third-order valence-corrected chi connectivity index (χ3v) is 2.66. The standard InChI is InChI=1S/C12H13ClN4O2/c1-19-7-6-14-12(18)11-8-17(16-15-11)10-4-2-9(13)3-5-10/h2-5,8H,6-7H2,1H3,(H,14,18). The van der Waals surface area contributed by atoms with Gasteiger partial charge in [0.1, 0.15) is 0 Å². The zero-order valence-corrected chi connectivity index (χ0v) is 11.1. The highest BCUT2D eigenvalue weighted by Crippen LogP contribution is 2.12. The molecule has 0 saturated carbocycles. The number of hydrogen-bond donors (Lipinski definition) is 1. The van der Waals surface area contributed by atoms with Crippen molar-refractivity contribution in [1.29, 1.82) is 0 Å². The highest BCUT2D eigenvalue weighted by Gasteiger charge is 2.10. The molecule has 0 saturated heterocycles. The van der Waals surface area contributed by atoms with Crippen LogP contribution in [-0.4, -0.2) is 41.2 Å². The van der Waals surface area contributed by atoms with E-state index in [9.17, 15) is 4.79 Å². The van der Waals surface area contributed by atoms with Crippen LogP contribution in [0, 0.1) is 0 Å². The fourth-order valence-electron chi connectivity index (χ4n) is 1.45. The first-order valence-corrected chi connectivity index (χ1v) is 6.04. The van der Waals surface area contributed by atoms with E-state index in [1.807, 2.05) is 0 Å². The topological polar surface area (TPSA) is 69.0 Å². The van der Waals surface area contributed by atoms with E-state index in [4.69, 9.17) is 16.3 Å². The Morgan fingerprint density at radius 1 is 1.42 bits per heavy atom. The van der Waals surface area contributed by atoms with Crippen LogP contribution in [0.15, 0.2) is 30.5 Å². The Morgan fingerprint density at radius 3 is 2.84 bits per heavy atom. The highest BCUT2D eigenvalue weighted by atomic mass is 35.5. The van der Waals surface area contributed by atoms with Crippen molar-refractivity contribution in [3.8, 4) is 5.69 Å². The molecule has 7 heteroatoms. The number of hydrogen-bond acceptors (Lipinski definition) is 4. The minimum absolute atomic E-state index is 0.256. The smallest absolute Gasteiger partial charge is 0.273 e. The van der Waals surface area contributed by atoms with Crippen LogP contribution in [0.1, 0.15) is 10.5 Å². The van der Waals surface area contributed by atoms with Gasteiger partial charge in [0.2, 0.25) is 0 Å². The van der Waals surface area contributed by atoms with Crippen LogP contribution in [0.5, 0.6) is 0 Å². The van der Waals surface area contributed by atoms with Crippen LogP contribution in [-0.2, 0) is 4.74 Å². The Labute approximate surface area is 115 Å². The molecule has 2 aromatic rings. The number of aromatic nitrogens is 3. The SMILES string of the molecule is COCCNC(=O)c1cn(-c2ccc(Cl)cc2)nn1. The van der Waals surface area contributed by atoms with Gasteiger partial charge in [-0.05, 0) is 24.3 Å². The fourth-order valence-corrected chi connectivity index (χ4v) is 1.57. The second-order valence-corrected chi connectivity index (χ2v) is 4.21. The first kappa shape index (κ1) is 13.5. The number of ether oxygens (including phenoxy) is 1. The molecule has 0 aliphatic rings. The number of nitrogens with zero attached hydrogens (tertiary/aromatic N) is 3. The van der Waals surface area contributed by atoms with Crippen LogP contribution >= 0.6 is 11.6 Å². The molecule has 100 valence electrons. The second kappa shape index (κ2) is 6.31.